The van der Waals surface area contributed by atoms with Gasteiger partial charge < -0.3 is 19.6 Å². The van der Waals surface area contributed by atoms with Gasteiger partial charge in [0.1, 0.15) is 0 Å². The molecule has 4 nitrogen and oxygen atoms in total. The fourth-order valence-corrected chi connectivity index (χ4v) is 2.70. The van der Waals surface area contributed by atoms with Crippen LogP contribution in [0, 0.1) is 0 Å². The van der Waals surface area contributed by atoms with Crippen molar-refractivity contribution >= 4 is 0 Å². The van der Waals surface area contributed by atoms with Gasteiger partial charge in [-0.15, -0.1) is 0 Å². The molecular formula is C16H34N4. The summed E-state index contributed by atoms with van der Waals surface area (Å²) in [5, 5.41) is 0. The zero-order chi connectivity index (χ0) is 14.2. The van der Waals surface area contributed by atoms with E-state index in [2.05, 4.69) is 33.7 Å². The van der Waals surface area contributed by atoms with Crippen LogP contribution in [-0.2, 0) is 0 Å². The highest BCUT2D eigenvalue weighted by Crippen LogP contribution is 2.05. The summed E-state index contributed by atoms with van der Waals surface area (Å²) in [6.07, 6.45) is 5.37. The quantitative estimate of drug-likeness (QED) is 0.369. The van der Waals surface area contributed by atoms with Gasteiger partial charge in [-0.1, -0.05) is 0 Å². The largest absolute Gasteiger partial charge is 0.306 e. The lowest BCUT2D eigenvalue weighted by Gasteiger charge is -2.19. The number of rotatable bonds is 13. The first-order chi connectivity index (χ1) is 9.74. The first-order valence-electron chi connectivity index (χ1n) is 8.56. The summed E-state index contributed by atoms with van der Waals surface area (Å²) in [6.45, 7) is 13.0. The molecule has 2 aliphatic rings. The second-order valence-corrected chi connectivity index (χ2v) is 6.70. The van der Waals surface area contributed by atoms with E-state index < -0.39 is 0 Å². The van der Waals surface area contributed by atoms with Gasteiger partial charge in [-0.3, -0.25) is 0 Å². The zero-order valence-electron chi connectivity index (χ0n) is 13.7. The smallest absolute Gasteiger partial charge is 0.0110 e. The number of hydrogen-bond donors (Lipinski definition) is 0. The van der Waals surface area contributed by atoms with E-state index in [1.165, 1.54) is 91.1 Å². The highest BCUT2D eigenvalue weighted by Gasteiger charge is 2.16. The monoisotopic (exact) mass is 282 g/mol. The third kappa shape index (κ3) is 8.20. The maximum Gasteiger partial charge on any atom is 0.0110 e. The molecule has 0 bridgehead atoms. The summed E-state index contributed by atoms with van der Waals surface area (Å²) in [6, 6.07) is 0. The molecule has 2 fully saturated rings. The lowest BCUT2D eigenvalue weighted by atomic mass is 10.2. The fourth-order valence-electron chi connectivity index (χ4n) is 2.70. The van der Waals surface area contributed by atoms with Gasteiger partial charge in [-0.05, 0) is 79.0 Å². The van der Waals surface area contributed by atoms with E-state index in [4.69, 9.17) is 0 Å². The van der Waals surface area contributed by atoms with Gasteiger partial charge in [0.2, 0.25) is 0 Å². The molecule has 2 rings (SSSR count). The van der Waals surface area contributed by atoms with Crippen LogP contribution in [0.4, 0.5) is 0 Å². The second-order valence-electron chi connectivity index (χ2n) is 6.70. The molecule has 0 aromatic carbocycles. The molecule has 2 heterocycles. The van der Waals surface area contributed by atoms with E-state index in [1.807, 2.05) is 0 Å². The molecule has 0 amide bonds. The Labute approximate surface area is 125 Å². The molecule has 2 saturated heterocycles. The van der Waals surface area contributed by atoms with Gasteiger partial charge in [0.25, 0.3) is 0 Å². The van der Waals surface area contributed by atoms with Crippen LogP contribution >= 0.6 is 0 Å². The van der Waals surface area contributed by atoms with Gasteiger partial charge in [0.15, 0.2) is 0 Å². The normalized spacial score (nSPS) is 19.2. The summed E-state index contributed by atoms with van der Waals surface area (Å²) in [5.41, 5.74) is 0. The Hall–Kier alpha value is -0.160. The number of unbranched alkanes of at least 4 members (excludes halogenated alkanes) is 1. The lowest BCUT2D eigenvalue weighted by molar-refractivity contribution is 0.282. The number of nitrogens with zero attached hydrogens (tertiary/aromatic N) is 4. The molecule has 2 aliphatic heterocycles. The number of hydrogen-bond acceptors (Lipinski definition) is 4. The maximum absolute atomic E-state index is 2.51. The van der Waals surface area contributed by atoms with Crippen LogP contribution in [0.2, 0.25) is 0 Å². The Morgan fingerprint density at radius 2 is 0.950 bits per heavy atom. The fraction of sp³-hybridized carbons (Fsp3) is 1.00. The van der Waals surface area contributed by atoms with Gasteiger partial charge in [-0.25, -0.2) is 0 Å². The van der Waals surface area contributed by atoms with Gasteiger partial charge >= 0.3 is 0 Å². The molecule has 118 valence electrons. The highest BCUT2D eigenvalue weighted by atomic mass is 15.3. The molecule has 0 radical (unpaired) electrons. The first kappa shape index (κ1) is 16.2. The van der Waals surface area contributed by atoms with Crippen LogP contribution in [0.5, 0.6) is 0 Å². The molecule has 0 saturated carbocycles. The average molecular weight is 282 g/mol. The van der Waals surface area contributed by atoms with E-state index in [9.17, 15) is 0 Å². The topological polar surface area (TPSA) is 12.5 Å². The van der Waals surface area contributed by atoms with E-state index in [0.29, 0.717) is 0 Å². The van der Waals surface area contributed by atoms with Crippen molar-refractivity contribution in [2.24, 2.45) is 0 Å². The third-order valence-electron chi connectivity index (χ3n) is 4.44. The van der Waals surface area contributed by atoms with Crippen LogP contribution < -0.4 is 0 Å². The van der Waals surface area contributed by atoms with Crippen molar-refractivity contribution in [2.45, 2.75) is 25.7 Å². The Morgan fingerprint density at radius 3 is 1.30 bits per heavy atom. The van der Waals surface area contributed by atoms with Crippen LogP contribution in [0.3, 0.4) is 0 Å². The van der Waals surface area contributed by atoms with Crippen LogP contribution in [0.25, 0.3) is 0 Å². The van der Waals surface area contributed by atoms with Gasteiger partial charge in [-0.2, -0.15) is 0 Å². The summed E-state index contributed by atoms with van der Waals surface area (Å²) in [4.78, 5) is 10.0. The molecule has 0 spiro atoms. The Morgan fingerprint density at radius 1 is 0.600 bits per heavy atom. The Bertz CT molecular complexity index is 225. The van der Waals surface area contributed by atoms with E-state index in [-0.39, 0.29) is 0 Å². The van der Waals surface area contributed by atoms with Crippen molar-refractivity contribution in [1.29, 1.82) is 0 Å². The predicted molar refractivity (Wildman–Crippen MR) is 86.3 cm³/mol. The minimum atomic E-state index is 1.27. The van der Waals surface area contributed by atoms with Crippen molar-refractivity contribution in [3.63, 3.8) is 0 Å². The van der Waals surface area contributed by atoms with Crippen molar-refractivity contribution < 1.29 is 0 Å². The Balaban J connectivity index is 1.33. The van der Waals surface area contributed by atoms with E-state index >= 15 is 0 Å². The molecule has 0 atom stereocenters. The van der Waals surface area contributed by atoms with Gasteiger partial charge in [0, 0.05) is 26.2 Å². The van der Waals surface area contributed by atoms with Crippen molar-refractivity contribution in [3.8, 4) is 0 Å². The summed E-state index contributed by atoms with van der Waals surface area (Å²) in [7, 11) is 4.55. The molecule has 0 unspecified atom stereocenters. The molecule has 0 aromatic heterocycles. The van der Waals surface area contributed by atoms with Crippen LogP contribution in [-0.4, -0.2) is 99.1 Å². The van der Waals surface area contributed by atoms with E-state index in [0.717, 1.165) is 0 Å². The Kier molecular flexibility index (Phi) is 7.28. The summed E-state index contributed by atoms with van der Waals surface area (Å²) >= 11 is 0. The zero-order valence-corrected chi connectivity index (χ0v) is 13.7. The summed E-state index contributed by atoms with van der Waals surface area (Å²) in [5.74, 6) is 0. The van der Waals surface area contributed by atoms with E-state index in [1.54, 1.807) is 0 Å². The summed E-state index contributed by atoms with van der Waals surface area (Å²) < 4.78 is 0. The maximum atomic E-state index is 2.51. The molecule has 0 N–H and O–H groups in total. The molecule has 20 heavy (non-hydrogen) atoms. The molecule has 0 aromatic rings. The molecular weight excluding hydrogens is 248 g/mol. The average Bonchev–Trinajstić information content (AvgIpc) is 3.28. The highest BCUT2D eigenvalue weighted by molar-refractivity contribution is 4.73. The van der Waals surface area contributed by atoms with Crippen LogP contribution in [0.15, 0.2) is 0 Å². The molecule has 4 heteroatoms. The first-order valence-corrected chi connectivity index (χ1v) is 8.56. The van der Waals surface area contributed by atoms with Crippen molar-refractivity contribution in [1.82, 2.24) is 19.6 Å². The third-order valence-corrected chi connectivity index (χ3v) is 4.44. The van der Waals surface area contributed by atoms with Crippen molar-refractivity contribution in [3.05, 3.63) is 0 Å². The minimum absolute atomic E-state index is 1.27. The lowest BCUT2D eigenvalue weighted by Crippen LogP contribution is -2.25. The standard InChI is InChI=1S/C16H34N4/c1-17(9-5-11-19-13-14-19)7-3-4-8-18(2)10-6-12-20-15-16-20/h3-16H2,1-2H3. The SMILES string of the molecule is CN(CCCCN(C)CCCN1CC1)CCCN1CC1. The predicted octanol–water partition coefficient (Wildman–Crippen LogP) is 1.04. The minimum Gasteiger partial charge on any atom is -0.306 e. The second kappa shape index (κ2) is 8.98. The van der Waals surface area contributed by atoms with Crippen LogP contribution in [0.1, 0.15) is 25.7 Å². The molecule has 0 aliphatic carbocycles. The van der Waals surface area contributed by atoms with Gasteiger partial charge in [0.05, 0.1) is 0 Å². The van der Waals surface area contributed by atoms with Crippen molar-refractivity contribution in [2.75, 3.05) is 79.5 Å².